The van der Waals surface area contributed by atoms with Gasteiger partial charge >= 0.3 is 0 Å². The summed E-state index contributed by atoms with van der Waals surface area (Å²) in [4.78, 5) is 33.1. The van der Waals surface area contributed by atoms with Crippen molar-refractivity contribution < 1.29 is 9.59 Å². The molecule has 2 aromatic rings. The number of rotatable bonds is 6. The summed E-state index contributed by atoms with van der Waals surface area (Å²) in [6.07, 6.45) is 2.84. The van der Waals surface area contributed by atoms with Gasteiger partial charge in [0.1, 0.15) is 5.41 Å². The highest BCUT2D eigenvalue weighted by atomic mass is 35.5. The third kappa shape index (κ3) is 6.33. The first-order valence-corrected chi connectivity index (χ1v) is 15.8. The summed E-state index contributed by atoms with van der Waals surface area (Å²) in [6.45, 7) is 10.9. The fraction of sp³-hybridized carbons (Fsp3) is 0.545. The minimum atomic E-state index is -1.03. The van der Waals surface area contributed by atoms with Crippen LogP contribution in [-0.2, 0) is 15.0 Å². The van der Waals surface area contributed by atoms with Gasteiger partial charge in [-0.05, 0) is 60.1 Å². The number of amides is 2. The number of benzene rings is 2. The minimum absolute atomic E-state index is 0.0181. The number of nitrogens with one attached hydrogen (secondary N) is 1. The Hall–Kier alpha value is -2.63. The molecule has 2 amide bonds. The van der Waals surface area contributed by atoms with Crippen LogP contribution >= 0.6 is 23.2 Å². The molecule has 3 saturated heterocycles. The molecule has 0 spiro atoms. The van der Waals surface area contributed by atoms with Gasteiger partial charge in [0, 0.05) is 61.3 Å². The van der Waals surface area contributed by atoms with Gasteiger partial charge in [-0.3, -0.25) is 14.5 Å². The maximum atomic E-state index is 14.4. The maximum absolute atomic E-state index is 14.4. The number of nitriles is 1. The molecule has 2 aromatic carbocycles. The number of likely N-dealkylation sites (tertiary alicyclic amines) is 1. The number of hydrogen-bond donors (Lipinski definition) is 1. The van der Waals surface area contributed by atoms with Gasteiger partial charge in [-0.25, -0.2) is 0 Å². The van der Waals surface area contributed by atoms with E-state index < -0.39 is 17.4 Å². The molecule has 0 aliphatic carbocycles. The van der Waals surface area contributed by atoms with Crippen molar-refractivity contribution in [1.29, 1.82) is 5.26 Å². The topological polar surface area (TPSA) is 79.7 Å². The van der Waals surface area contributed by atoms with Crippen LogP contribution in [0.3, 0.4) is 0 Å². The second-order valence-corrected chi connectivity index (χ2v) is 14.0. The molecular formula is C33H41Cl2N5O2. The van der Waals surface area contributed by atoms with E-state index in [4.69, 9.17) is 23.2 Å². The molecule has 3 aliphatic rings. The van der Waals surface area contributed by atoms with E-state index in [1.807, 2.05) is 58.3 Å². The summed E-state index contributed by atoms with van der Waals surface area (Å²) in [6, 6.07) is 16.8. The van der Waals surface area contributed by atoms with Crippen molar-refractivity contribution >= 4 is 35.0 Å². The van der Waals surface area contributed by atoms with Crippen molar-refractivity contribution in [1.82, 2.24) is 20.0 Å². The summed E-state index contributed by atoms with van der Waals surface area (Å²) in [5.74, 6) is -0.315. The lowest BCUT2D eigenvalue weighted by atomic mass is 9.63. The zero-order valence-corrected chi connectivity index (χ0v) is 26.3. The van der Waals surface area contributed by atoms with Crippen molar-refractivity contribution in [2.24, 2.45) is 5.41 Å². The van der Waals surface area contributed by atoms with Gasteiger partial charge in [0.15, 0.2) is 0 Å². The number of nitrogens with zero attached hydrogens (tertiary/aromatic N) is 4. The molecule has 0 saturated carbocycles. The van der Waals surface area contributed by atoms with Crippen LogP contribution in [0.25, 0.3) is 0 Å². The van der Waals surface area contributed by atoms with Gasteiger partial charge < -0.3 is 15.1 Å². The van der Waals surface area contributed by atoms with Gasteiger partial charge in [-0.2, -0.15) is 5.26 Å². The van der Waals surface area contributed by atoms with Crippen LogP contribution in [0, 0.1) is 16.7 Å². The zero-order valence-electron chi connectivity index (χ0n) is 24.8. The molecule has 0 aromatic heterocycles. The molecule has 3 fully saturated rings. The van der Waals surface area contributed by atoms with Crippen LogP contribution in [0.15, 0.2) is 48.5 Å². The molecular weight excluding hydrogens is 569 g/mol. The number of carbonyl (C=O) groups is 2. The van der Waals surface area contributed by atoms with Crippen molar-refractivity contribution in [3.05, 3.63) is 69.7 Å². The summed E-state index contributed by atoms with van der Waals surface area (Å²) in [7, 11) is 0. The highest BCUT2D eigenvalue weighted by molar-refractivity contribution is 6.30. The summed E-state index contributed by atoms with van der Waals surface area (Å²) in [5, 5.41) is 15.9. The second-order valence-electron chi connectivity index (χ2n) is 13.2. The quantitative estimate of drug-likeness (QED) is 0.494. The average Bonchev–Trinajstić information content (AvgIpc) is 3.60. The molecule has 0 unspecified atom stereocenters. The van der Waals surface area contributed by atoms with E-state index >= 15 is 0 Å². The van der Waals surface area contributed by atoms with E-state index in [0.717, 1.165) is 37.1 Å². The molecule has 3 aliphatic heterocycles. The molecule has 0 bridgehead atoms. The predicted molar refractivity (Wildman–Crippen MR) is 167 cm³/mol. The van der Waals surface area contributed by atoms with Crippen molar-refractivity contribution in [2.75, 3.05) is 45.8 Å². The zero-order chi connectivity index (χ0) is 30.1. The van der Waals surface area contributed by atoms with Gasteiger partial charge in [-0.1, -0.05) is 68.2 Å². The monoisotopic (exact) mass is 609 g/mol. The Morgan fingerprint density at radius 2 is 1.62 bits per heavy atom. The van der Waals surface area contributed by atoms with E-state index in [9.17, 15) is 14.9 Å². The normalized spacial score (nSPS) is 26.8. The van der Waals surface area contributed by atoms with E-state index in [1.54, 1.807) is 0 Å². The Bertz CT molecular complexity index is 1320. The highest BCUT2D eigenvalue weighted by Crippen LogP contribution is 2.51. The third-order valence-corrected chi connectivity index (χ3v) is 9.54. The molecule has 42 heavy (non-hydrogen) atoms. The van der Waals surface area contributed by atoms with Crippen LogP contribution in [0.4, 0.5) is 0 Å². The molecule has 224 valence electrons. The Labute approximate surface area is 259 Å². The third-order valence-electron chi connectivity index (χ3n) is 9.05. The largest absolute Gasteiger partial charge is 0.342 e. The van der Waals surface area contributed by atoms with Crippen LogP contribution in [0.5, 0.6) is 0 Å². The molecule has 3 heterocycles. The Morgan fingerprint density at radius 3 is 2.21 bits per heavy atom. The fourth-order valence-electron chi connectivity index (χ4n) is 7.02. The van der Waals surface area contributed by atoms with Crippen LogP contribution in [0.2, 0.25) is 10.0 Å². The van der Waals surface area contributed by atoms with Crippen molar-refractivity contribution in [3.63, 3.8) is 0 Å². The standard InChI is InChI=1S/C33H41Cl2N5O2/c1-32(2,3)20-27-33(22-36,24-9-11-25(34)12-10-24)29(23-7-6-8-26(35)19-23)30(37-27)31(42)40-17-15-38(16-18-40)21-28(41)39-13-4-5-14-39/h6-12,19,27,29-30,37H,4-5,13-18,20-21H2,1-3H3/t27-,29-,30+,33-/m0/s1. The Morgan fingerprint density at radius 1 is 0.952 bits per heavy atom. The molecule has 0 radical (unpaired) electrons. The first-order valence-electron chi connectivity index (χ1n) is 15.0. The predicted octanol–water partition coefficient (Wildman–Crippen LogP) is 5.08. The van der Waals surface area contributed by atoms with Crippen LogP contribution < -0.4 is 5.32 Å². The number of halogens is 2. The number of hydrogen-bond acceptors (Lipinski definition) is 5. The van der Waals surface area contributed by atoms with Crippen LogP contribution in [-0.4, -0.2) is 84.4 Å². The summed E-state index contributed by atoms with van der Waals surface area (Å²) < 4.78 is 0. The van der Waals surface area contributed by atoms with E-state index in [-0.39, 0.29) is 23.3 Å². The van der Waals surface area contributed by atoms with Gasteiger partial charge in [-0.15, -0.1) is 0 Å². The van der Waals surface area contributed by atoms with Crippen LogP contribution in [0.1, 0.15) is 57.1 Å². The molecule has 1 N–H and O–H groups in total. The SMILES string of the molecule is CC(C)(C)C[C@@H]1N[C@@H](C(=O)N2CCN(CC(=O)N3CCCC3)CC2)[C@H](c2cccc(Cl)c2)[C@@]1(C#N)c1ccc(Cl)cc1. The molecule has 9 heteroatoms. The van der Waals surface area contributed by atoms with Gasteiger partial charge in [0.25, 0.3) is 0 Å². The lowest BCUT2D eigenvalue weighted by molar-refractivity contribution is -0.136. The second kappa shape index (κ2) is 12.5. The molecule has 7 nitrogen and oxygen atoms in total. The Balaban J connectivity index is 1.46. The first-order chi connectivity index (χ1) is 20.0. The fourth-order valence-corrected chi connectivity index (χ4v) is 7.35. The number of piperazine rings is 1. The lowest BCUT2D eigenvalue weighted by Crippen LogP contribution is -2.55. The van der Waals surface area contributed by atoms with Gasteiger partial charge in [0.05, 0.1) is 18.7 Å². The Kier molecular flexibility index (Phi) is 9.20. The van der Waals surface area contributed by atoms with Crippen molar-refractivity contribution in [2.45, 2.75) is 63.5 Å². The maximum Gasteiger partial charge on any atom is 0.240 e. The summed E-state index contributed by atoms with van der Waals surface area (Å²) in [5.41, 5.74) is 0.557. The molecule has 4 atom stereocenters. The molecule has 5 rings (SSSR count). The van der Waals surface area contributed by atoms with Crippen molar-refractivity contribution in [3.8, 4) is 6.07 Å². The van der Waals surface area contributed by atoms with E-state index in [2.05, 4.69) is 37.1 Å². The lowest BCUT2D eigenvalue weighted by Gasteiger charge is -2.38. The first kappa shape index (κ1) is 30.8. The average molecular weight is 611 g/mol. The number of carbonyl (C=O) groups excluding carboxylic acids is 2. The van der Waals surface area contributed by atoms with E-state index in [1.165, 1.54) is 0 Å². The smallest absolute Gasteiger partial charge is 0.240 e. The highest BCUT2D eigenvalue weighted by Gasteiger charge is 2.60. The van der Waals surface area contributed by atoms with Gasteiger partial charge in [0.2, 0.25) is 11.8 Å². The van der Waals surface area contributed by atoms with E-state index in [0.29, 0.717) is 49.2 Å². The summed E-state index contributed by atoms with van der Waals surface area (Å²) >= 11 is 12.8. The minimum Gasteiger partial charge on any atom is -0.342 e.